The summed E-state index contributed by atoms with van der Waals surface area (Å²) in [4.78, 5) is 4.95. The summed E-state index contributed by atoms with van der Waals surface area (Å²) in [6.45, 7) is 16.3. The van der Waals surface area contributed by atoms with Gasteiger partial charge < -0.3 is 9.64 Å². The molecule has 1 atom stereocenters. The molecule has 1 aliphatic heterocycles. The third kappa shape index (κ3) is 4.81. The molecule has 0 bridgehead atoms. The average molecular weight is 227 g/mol. The Morgan fingerprint density at radius 3 is 2.56 bits per heavy atom. The molecule has 0 N–H and O–H groups in total. The van der Waals surface area contributed by atoms with Crippen molar-refractivity contribution in [2.45, 2.75) is 33.8 Å². The molecule has 0 aromatic carbocycles. The summed E-state index contributed by atoms with van der Waals surface area (Å²) in [6, 6.07) is 0. The van der Waals surface area contributed by atoms with Gasteiger partial charge in [0.25, 0.3) is 0 Å². The third-order valence-corrected chi connectivity index (χ3v) is 3.12. The van der Waals surface area contributed by atoms with Crippen LogP contribution in [-0.2, 0) is 4.74 Å². The van der Waals surface area contributed by atoms with Gasteiger partial charge in [0.05, 0.1) is 12.7 Å². The lowest BCUT2D eigenvalue weighted by molar-refractivity contribution is -0.0407. The van der Waals surface area contributed by atoms with Crippen molar-refractivity contribution in [3.63, 3.8) is 0 Å². The van der Waals surface area contributed by atoms with E-state index in [0.717, 1.165) is 45.9 Å². The Balaban J connectivity index is 2.32. The van der Waals surface area contributed by atoms with Gasteiger partial charge in [0.2, 0.25) is 0 Å². The minimum Gasteiger partial charge on any atom is -0.374 e. The van der Waals surface area contributed by atoms with E-state index in [9.17, 15) is 0 Å². The maximum absolute atomic E-state index is 5.83. The summed E-state index contributed by atoms with van der Waals surface area (Å²) in [7, 11) is 0. The number of rotatable bonds is 6. The first-order chi connectivity index (χ1) is 7.65. The average Bonchev–Trinajstić information content (AvgIpc) is 2.25. The van der Waals surface area contributed by atoms with Crippen LogP contribution in [0.25, 0.3) is 0 Å². The van der Waals surface area contributed by atoms with Crippen LogP contribution in [0.4, 0.5) is 0 Å². The predicted molar refractivity (Wildman–Crippen MR) is 68.6 cm³/mol. The molecule has 0 amide bonds. The quantitative estimate of drug-likeness (QED) is 0.686. The summed E-state index contributed by atoms with van der Waals surface area (Å²) in [5.41, 5.74) is 0. The molecule has 0 aromatic rings. The fourth-order valence-electron chi connectivity index (χ4n) is 2.25. The van der Waals surface area contributed by atoms with Gasteiger partial charge in [0.1, 0.15) is 0 Å². The summed E-state index contributed by atoms with van der Waals surface area (Å²) < 4.78 is 5.83. The van der Waals surface area contributed by atoms with Crippen LogP contribution in [0, 0.1) is 5.92 Å². The van der Waals surface area contributed by atoms with Gasteiger partial charge in [0, 0.05) is 26.2 Å². The number of morpholine rings is 1. The van der Waals surface area contributed by atoms with E-state index in [1.54, 1.807) is 0 Å². The van der Waals surface area contributed by atoms with Crippen molar-refractivity contribution < 1.29 is 4.74 Å². The Hall–Kier alpha value is -0.120. The lowest BCUT2D eigenvalue weighted by Crippen LogP contribution is -2.48. The van der Waals surface area contributed by atoms with Crippen molar-refractivity contribution in [2.75, 3.05) is 45.9 Å². The van der Waals surface area contributed by atoms with Crippen molar-refractivity contribution >= 4 is 0 Å². The van der Waals surface area contributed by atoms with E-state index >= 15 is 0 Å². The highest BCUT2D eigenvalue weighted by Gasteiger charge is 2.22. The molecular formula is C13H27N2O. The molecule has 0 aromatic heterocycles. The van der Waals surface area contributed by atoms with Crippen molar-refractivity contribution in [1.82, 2.24) is 9.80 Å². The topological polar surface area (TPSA) is 15.7 Å². The number of ether oxygens (including phenoxy) is 1. The minimum atomic E-state index is 0.396. The fourth-order valence-corrected chi connectivity index (χ4v) is 2.25. The number of hydrogen-bond donors (Lipinski definition) is 0. The summed E-state index contributed by atoms with van der Waals surface area (Å²) in [5, 5.41) is 0. The monoisotopic (exact) mass is 227 g/mol. The Labute approximate surface area is 101 Å². The van der Waals surface area contributed by atoms with Crippen LogP contribution in [0.3, 0.4) is 0 Å². The smallest absolute Gasteiger partial charge is 0.0829 e. The molecule has 1 rings (SSSR count). The SMILES string of the molecule is CCN(CC)CC1CN(C[C](C)C)CCO1. The van der Waals surface area contributed by atoms with Gasteiger partial charge in [-0.1, -0.05) is 27.7 Å². The molecule has 1 saturated heterocycles. The zero-order valence-electron chi connectivity index (χ0n) is 11.3. The van der Waals surface area contributed by atoms with Crippen LogP contribution in [-0.4, -0.2) is 61.8 Å². The highest BCUT2D eigenvalue weighted by atomic mass is 16.5. The molecule has 1 radical (unpaired) electrons. The molecule has 3 heteroatoms. The minimum absolute atomic E-state index is 0.396. The highest BCUT2D eigenvalue weighted by molar-refractivity contribution is 4.85. The van der Waals surface area contributed by atoms with Crippen LogP contribution in [0.15, 0.2) is 0 Å². The standard InChI is InChI=1S/C13H27N2O/c1-5-14(6-2)10-13-11-15(7-8-16-13)9-12(3)4/h13H,5-11H2,1-4H3. The van der Waals surface area contributed by atoms with Gasteiger partial charge in [-0.3, -0.25) is 4.90 Å². The van der Waals surface area contributed by atoms with Crippen LogP contribution in [0.2, 0.25) is 0 Å². The van der Waals surface area contributed by atoms with E-state index in [1.165, 1.54) is 5.92 Å². The highest BCUT2D eigenvalue weighted by Crippen LogP contribution is 2.09. The normalized spacial score (nSPS) is 23.2. The van der Waals surface area contributed by atoms with Gasteiger partial charge in [-0.25, -0.2) is 0 Å². The molecule has 16 heavy (non-hydrogen) atoms. The molecule has 0 aliphatic carbocycles. The maximum atomic E-state index is 5.83. The van der Waals surface area contributed by atoms with E-state index in [4.69, 9.17) is 4.74 Å². The second-order valence-corrected chi connectivity index (χ2v) is 4.92. The van der Waals surface area contributed by atoms with Crippen molar-refractivity contribution in [1.29, 1.82) is 0 Å². The van der Waals surface area contributed by atoms with Crippen LogP contribution in [0.5, 0.6) is 0 Å². The van der Waals surface area contributed by atoms with Crippen LogP contribution >= 0.6 is 0 Å². The van der Waals surface area contributed by atoms with Gasteiger partial charge in [-0.15, -0.1) is 0 Å². The number of hydrogen-bond acceptors (Lipinski definition) is 3. The Bertz CT molecular complexity index is 181. The largest absolute Gasteiger partial charge is 0.374 e. The number of likely N-dealkylation sites (N-methyl/N-ethyl adjacent to an activating group) is 1. The molecule has 1 unspecified atom stereocenters. The first kappa shape index (κ1) is 13.9. The van der Waals surface area contributed by atoms with E-state index in [1.807, 2.05) is 0 Å². The zero-order valence-corrected chi connectivity index (χ0v) is 11.3. The molecule has 95 valence electrons. The predicted octanol–water partition coefficient (Wildman–Crippen LogP) is 1.64. The lowest BCUT2D eigenvalue weighted by Gasteiger charge is -2.35. The number of nitrogens with zero attached hydrogens (tertiary/aromatic N) is 2. The van der Waals surface area contributed by atoms with Crippen LogP contribution < -0.4 is 0 Å². The van der Waals surface area contributed by atoms with E-state index in [-0.39, 0.29) is 0 Å². The van der Waals surface area contributed by atoms with Gasteiger partial charge in [-0.05, 0) is 19.0 Å². The Morgan fingerprint density at radius 1 is 1.31 bits per heavy atom. The van der Waals surface area contributed by atoms with Gasteiger partial charge >= 0.3 is 0 Å². The van der Waals surface area contributed by atoms with E-state index in [0.29, 0.717) is 6.10 Å². The second-order valence-electron chi connectivity index (χ2n) is 4.92. The lowest BCUT2D eigenvalue weighted by atomic mass is 10.1. The molecule has 3 nitrogen and oxygen atoms in total. The molecule has 1 heterocycles. The first-order valence-corrected chi connectivity index (χ1v) is 6.51. The molecule has 1 aliphatic rings. The third-order valence-electron chi connectivity index (χ3n) is 3.12. The first-order valence-electron chi connectivity index (χ1n) is 6.51. The summed E-state index contributed by atoms with van der Waals surface area (Å²) in [5.74, 6) is 1.49. The maximum Gasteiger partial charge on any atom is 0.0829 e. The summed E-state index contributed by atoms with van der Waals surface area (Å²) >= 11 is 0. The Morgan fingerprint density at radius 2 is 2.00 bits per heavy atom. The van der Waals surface area contributed by atoms with Gasteiger partial charge in [-0.2, -0.15) is 0 Å². The van der Waals surface area contributed by atoms with Crippen molar-refractivity contribution in [2.24, 2.45) is 0 Å². The van der Waals surface area contributed by atoms with Crippen molar-refractivity contribution in [3.05, 3.63) is 5.92 Å². The van der Waals surface area contributed by atoms with E-state index < -0.39 is 0 Å². The van der Waals surface area contributed by atoms with Crippen molar-refractivity contribution in [3.8, 4) is 0 Å². The molecule has 0 spiro atoms. The van der Waals surface area contributed by atoms with Gasteiger partial charge in [0.15, 0.2) is 0 Å². The Kier molecular flexibility index (Phi) is 6.32. The van der Waals surface area contributed by atoms with Crippen LogP contribution in [0.1, 0.15) is 27.7 Å². The van der Waals surface area contributed by atoms with E-state index in [2.05, 4.69) is 37.5 Å². The summed E-state index contributed by atoms with van der Waals surface area (Å²) in [6.07, 6.45) is 0.396. The zero-order chi connectivity index (χ0) is 12.0. The molecular weight excluding hydrogens is 200 g/mol. The fraction of sp³-hybridized carbons (Fsp3) is 0.923. The molecule has 0 saturated carbocycles. The second kappa shape index (κ2) is 7.25. The molecule has 1 fully saturated rings.